The van der Waals surface area contributed by atoms with Gasteiger partial charge in [-0.25, -0.2) is 0 Å². The highest BCUT2D eigenvalue weighted by Crippen LogP contribution is 2.33. The molecule has 2 nitrogen and oxygen atoms in total. The predicted octanol–water partition coefficient (Wildman–Crippen LogP) is 4.27. The summed E-state index contributed by atoms with van der Waals surface area (Å²) < 4.78 is 12.9. The number of halogens is 2. The highest BCUT2D eigenvalue weighted by molar-refractivity contribution is 7.85. The molecule has 1 aliphatic rings. The van der Waals surface area contributed by atoms with Crippen molar-refractivity contribution in [2.75, 3.05) is 7.05 Å². The maximum atomic E-state index is 12.9. The number of rotatable bonds is 4. The van der Waals surface area contributed by atoms with E-state index in [4.69, 9.17) is 23.2 Å². The Kier molecular flexibility index (Phi) is 5.91. The van der Waals surface area contributed by atoms with Gasteiger partial charge in [0.2, 0.25) is 0 Å². The van der Waals surface area contributed by atoms with Gasteiger partial charge in [-0.3, -0.25) is 4.21 Å². The molecule has 1 saturated carbocycles. The monoisotopic (exact) mass is 333 g/mol. The van der Waals surface area contributed by atoms with Crippen molar-refractivity contribution in [1.82, 2.24) is 5.32 Å². The summed E-state index contributed by atoms with van der Waals surface area (Å²) in [4.78, 5) is 0.779. The first kappa shape index (κ1) is 16.3. The average Bonchev–Trinajstić information content (AvgIpc) is 2.48. The van der Waals surface area contributed by atoms with Crippen molar-refractivity contribution in [2.24, 2.45) is 5.92 Å². The van der Waals surface area contributed by atoms with E-state index < -0.39 is 10.8 Å². The van der Waals surface area contributed by atoms with Crippen LogP contribution in [0.1, 0.15) is 32.6 Å². The summed E-state index contributed by atoms with van der Waals surface area (Å²) in [6.45, 7) is 2.21. The number of nitrogens with one attached hydrogen (secondary N) is 1. The lowest BCUT2D eigenvalue weighted by Gasteiger charge is -2.35. The molecule has 1 N–H and O–H groups in total. The van der Waals surface area contributed by atoms with E-state index in [1.165, 1.54) is 6.42 Å². The molecule has 0 bridgehead atoms. The summed E-state index contributed by atoms with van der Waals surface area (Å²) in [5, 5.41) is 4.45. The van der Waals surface area contributed by atoms with Gasteiger partial charge in [-0.2, -0.15) is 0 Å². The summed E-state index contributed by atoms with van der Waals surface area (Å²) in [7, 11) is 0.908. The Balaban J connectivity index is 2.22. The number of hydrogen-bond acceptors (Lipinski definition) is 2. The molecule has 1 aromatic carbocycles. The molecule has 5 heteroatoms. The predicted molar refractivity (Wildman–Crippen MR) is 87.1 cm³/mol. The Morgan fingerprint density at radius 1 is 1.30 bits per heavy atom. The minimum Gasteiger partial charge on any atom is -0.316 e. The smallest absolute Gasteiger partial charge is 0.0604 e. The zero-order valence-corrected chi connectivity index (χ0v) is 14.2. The standard InChI is InChI=1S/C15H21Cl2NOS/c1-3-10-4-7-14(18-2)15(8-10)20(19)11-5-6-12(16)13(17)9-11/h5-6,9-10,14-15,18H,3-4,7-8H2,1-2H3. The largest absolute Gasteiger partial charge is 0.316 e. The molecule has 0 aromatic heterocycles. The quantitative estimate of drug-likeness (QED) is 0.891. The van der Waals surface area contributed by atoms with E-state index in [9.17, 15) is 4.21 Å². The molecular formula is C15H21Cl2NOS. The van der Waals surface area contributed by atoms with Crippen molar-refractivity contribution in [1.29, 1.82) is 0 Å². The lowest BCUT2D eigenvalue weighted by atomic mass is 9.84. The molecule has 4 unspecified atom stereocenters. The third kappa shape index (κ3) is 3.56. The molecule has 1 fully saturated rings. The summed E-state index contributed by atoms with van der Waals surface area (Å²) in [6, 6.07) is 5.61. The van der Waals surface area contributed by atoms with E-state index in [2.05, 4.69) is 12.2 Å². The summed E-state index contributed by atoms with van der Waals surface area (Å²) >= 11 is 12.0. The third-order valence-electron chi connectivity index (χ3n) is 4.25. The summed E-state index contributed by atoms with van der Waals surface area (Å²) in [5.41, 5.74) is 0. The van der Waals surface area contributed by atoms with Crippen molar-refractivity contribution < 1.29 is 4.21 Å². The molecular weight excluding hydrogens is 313 g/mol. The van der Waals surface area contributed by atoms with Crippen LogP contribution in [-0.4, -0.2) is 22.5 Å². The zero-order valence-electron chi connectivity index (χ0n) is 11.9. The molecule has 4 atom stereocenters. The molecule has 0 heterocycles. The van der Waals surface area contributed by atoms with Crippen LogP contribution in [0.3, 0.4) is 0 Å². The second-order valence-electron chi connectivity index (χ2n) is 5.39. The second-order valence-corrected chi connectivity index (χ2v) is 7.88. The van der Waals surface area contributed by atoms with Gasteiger partial charge in [0, 0.05) is 10.9 Å². The van der Waals surface area contributed by atoms with Gasteiger partial charge in [0.25, 0.3) is 0 Å². The van der Waals surface area contributed by atoms with Crippen LogP contribution in [0, 0.1) is 5.92 Å². The fourth-order valence-electron chi connectivity index (χ4n) is 2.93. The number of hydrogen-bond donors (Lipinski definition) is 1. The maximum absolute atomic E-state index is 12.9. The molecule has 0 aliphatic heterocycles. The average molecular weight is 334 g/mol. The fraction of sp³-hybridized carbons (Fsp3) is 0.600. The maximum Gasteiger partial charge on any atom is 0.0604 e. The summed E-state index contributed by atoms with van der Waals surface area (Å²) in [5.74, 6) is 0.677. The first-order chi connectivity index (χ1) is 9.56. The van der Waals surface area contributed by atoms with Gasteiger partial charge in [-0.05, 0) is 50.4 Å². The molecule has 112 valence electrons. The molecule has 2 rings (SSSR count). The number of benzene rings is 1. The Bertz CT molecular complexity index is 495. The van der Waals surface area contributed by atoms with Gasteiger partial charge in [0.1, 0.15) is 0 Å². The first-order valence-electron chi connectivity index (χ1n) is 7.09. The van der Waals surface area contributed by atoms with Gasteiger partial charge in [0.05, 0.1) is 26.1 Å². The molecule has 0 spiro atoms. The van der Waals surface area contributed by atoms with E-state index in [1.54, 1.807) is 12.1 Å². The van der Waals surface area contributed by atoms with Gasteiger partial charge < -0.3 is 5.32 Å². The molecule has 1 aromatic rings. The zero-order chi connectivity index (χ0) is 14.7. The van der Waals surface area contributed by atoms with Gasteiger partial charge in [0.15, 0.2) is 0 Å². The molecule has 0 amide bonds. The van der Waals surface area contributed by atoms with Crippen LogP contribution in [-0.2, 0) is 10.8 Å². The SMILES string of the molecule is CCC1CCC(NC)C(S(=O)c2ccc(Cl)c(Cl)c2)C1. The van der Waals surface area contributed by atoms with E-state index in [0.29, 0.717) is 22.0 Å². The Morgan fingerprint density at radius 2 is 2.05 bits per heavy atom. The van der Waals surface area contributed by atoms with Crippen LogP contribution in [0.4, 0.5) is 0 Å². The minimum atomic E-state index is -1.05. The van der Waals surface area contributed by atoms with Crippen molar-refractivity contribution >= 4 is 34.0 Å². The lowest BCUT2D eigenvalue weighted by molar-refractivity contribution is 0.301. The topological polar surface area (TPSA) is 29.1 Å². The highest BCUT2D eigenvalue weighted by Gasteiger charge is 2.33. The van der Waals surface area contributed by atoms with Crippen LogP contribution >= 0.6 is 23.2 Å². The van der Waals surface area contributed by atoms with E-state index >= 15 is 0 Å². The molecule has 0 saturated heterocycles. The molecule has 1 aliphatic carbocycles. The normalized spacial score (nSPS) is 28.3. The van der Waals surface area contributed by atoms with Crippen LogP contribution < -0.4 is 5.32 Å². The van der Waals surface area contributed by atoms with Crippen molar-refractivity contribution in [3.8, 4) is 0 Å². The van der Waals surface area contributed by atoms with Gasteiger partial charge in [-0.1, -0.05) is 36.5 Å². The fourth-order valence-corrected chi connectivity index (χ4v) is 5.09. The van der Waals surface area contributed by atoms with E-state index in [0.717, 1.165) is 24.2 Å². The van der Waals surface area contributed by atoms with Crippen molar-refractivity contribution in [3.63, 3.8) is 0 Å². The van der Waals surface area contributed by atoms with E-state index in [1.807, 2.05) is 13.1 Å². The molecule has 20 heavy (non-hydrogen) atoms. The molecule has 0 radical (unpaired) electrons. The van der Waals surface area contributed by atoms with Crippen molar-refractivity contribution in [2.45, 2.75) is 48.8 Å². The summed E-state index contributed by atoms with van der Waals surface area (Å²) in [6.07, 6.45) is 4.48. The minimum absolute atomic E-state index is 0.149. The first-order valence-corrected chi connectivity index (χ1v) is 9.06. The highest BCUT2D eigenvalue weighted by atomic mass is 35.5. The van der Waals surface area contributed by atoms with Crippen LogP contribution in [0.2, 0.25) is 10.0 Å². The second kappa shape index (κ2) is 7.26. The van der Waals surface area contributed by atoms with Crippen LogP contribution in [0.25, 0.3) is 0 Å². The van der Waals surface area contributed by atoms with E-state index in [-0.39, 0.29) is 5.25 Å². The van der Waals surface area contributed by atoms with Gasteiger partial charge >= 0.3 is 0 Å². The Morgan fingerprint density at radius 3 is 2.65 bits per heavy atom. The Hall–Kier alpha value is -0.0900. The van der Waals surface area contributed by atoms with Gasteiger partial charge in [-0.15, -0.1) is 0 Å². The van der Waals surface area contributed by atoms with Crippen molar-refractivity contribution in [3.05, 3.63) is 28.2 Å². The third-order valence-corrected chi connectivity index (χ3v) is 6.78. The van der Waals surface area contributed by atoms with Crippen LogP contribution in [0.5, 0.6) is 0 Å². The van der Waals surface area contributed by atoms with Crippen LogP contribution in [0.15, 0.2) is 23.1 Å². The Labute approximate surface area is 133 Å². The lowest BCUT2D eigenvalue weighted by Crippen LogP contribution is -2.44.